The number of hydrogen-bond acceptors (Lipinski definition) is 0. The van der Waals surface area contributed by atoms with Crippen molar-refractivity contribution in [3.05, 3.63) is 60.3 Å². The van der Waals surface area contributed by atoms with Gasteiger partial charge in [0.1, 0.15) is 0 Å². The molecule has 1 aliphatic carbocycles. The molecule has 0 aromatic carbocycles. The molecule has 0 N–H and O–H groups in total. The molecule has 0 heteroatoms. The summed E-state index contributed by atoms with van der Waals surface area (Å²) in [4.78, 5) is 0. The largest absolute Gasteiger partial charge is 0.103 e. The Bertz CT molecular complexity index is 687. The lowest BCUT2D eigenvalue weighted by atomic mass is 9.77. The molecule has 1 rings (SSSR count). The van der Waals surface area contributed by atoms with Gasteiger partial charge in [0.05, 0.1) is 0 Å². The van der Waals surface area contributed by atoms with Gasteiger partial charge in [0, 0.05) is 0 Å². The molecule has 1 aliphatic rings. The normalized spacial score (nSPS) is 27.5. The van der Waals surface area contributed by atoms with Gasteiger partial charge in [-0.25, -0.2) is 0 Å². The van der Waals surface area contributed by atoms with Gasteiger partial charge < -0.3 is 0 Å². The van der Waals surface area contributed by atoms with Gasteiger partial charge in [-0.15, -0.1) is 6.58 Å². The van der Waals surface area contributed by atoms with Crippen LogP contribution >= 0.6 is 0 Å². The summed E-state index contributed by atoms with van der Waals surface area (Å²) in [7, 11) is 0. The topological polar surface area (TPSA) is 0 Å². The predicted octanol–water partition coefficient (Wildman–Crippen LogP) is 12.1. The van der Waals surface area contributed by atoms with E-state index in [0.29, 0.717) is 11.8 Å². The molecule has 0 spiro atoms. The van der Waals surface area contributed by atoms with Crippen LogP contribution in [-0.2, 0) is 0 Å². The Morgan fingerprint density at radius 1 is 0.833 bits per heavy atom. The van der Waals surface area contributed by atoms with E-state index < -0.39 is 0 Å². The summed E-state index contributed by atoms with van der Waals surface area (Å²) in [6.07, 6.45) is 34.4. The van der Waals surface area contributed by atoms with Gasteiger partial charge in [-0.05, 0) is 87.9 Å². The molecule has 0 aliphatic heterocycles. The Morgan fingerprint density at radius 2 is 1.47 bits per heavy atom. The van der Waals surface area contributed by atoms with E-state index >= 15 is 0 Å². The number of unbranched alkanes of at least 4 members (excludes halogenated alkanes) is 1. The molecule has 0 heterocycles. The number of hydrogen-bond donors (Lipinski definition) is 0. The van der Waals surface area contributed by atoms with E-state index in [1.807, 2.05) is 0 Å². The summed E-state index contributed by atoms with van der Waals surface area (Å²) < 4.78 is 0. The smallest absolute Gasteiger partial charge is 0.0198 e. The molecular weight excluding hydrogens is 432 g/mol. The second kappa shape index (κ2) is 19.8. The van der Waals surface area contributed by atoms with Crippen LogP contribution in [0.1, 0.15) is 132 Å². The maximum absolute atomic E-state index is 3.95. The second-order valence-electron chi connectivity index (χ2n) is 12.1. The Morgan fingerprint density at radius 3 is 2.14 bits per heavy atom. The van der Waals surface area contributed by atoms with Crippen molar-refractivity contribution in [1.29, 1.82) is 0 Å². The molecular formula is C36H62. The van der Waals surface area contributed by atoms with Crippen molar-refractivity contribution in [2.24, 2.45) is 35.5 Å². The molecule has 0 aromatic heterocycles. The summed E-state index contributed by atoms with van der Waals surface area (Å²) in [6, 6.07) is 0. The van der Waals surface area contributed by atoms with Crippen molar-refractivity contribution < 1.29 is 0 Å². The van der Waals surface area contributed by atoms with Crippen molar-refractivity contribution in [2.75, 3.05) is 0 Å². The van der Waals surface area contributed by atoms with Crippen LogP contribution in [0, 0.1) is 35.5 Å². The predicted molar refractivity (Wildman–Crippen MR) is 165 cm³/mol. The van der Waals surface area contributed by atoms with Gasteiger partial charge in [-0.2, -0.15) is 0 Å². The first-order valence-electron chi connectivity index (χ1n) is 15.6. The van der Waals surface area contributed by atoms with Crippen LogP contribution in [0.25, 0.3) is 0 Å². The Hall–Kier alpha value is -1.30. The van der Waals surface area contributed by atoms with Crippen LogP contribution < -0.4 is 0 Å². The molecule has 1 fully saturated rings. The highest BCUT2D eigenvalue weighted by Crippen LogP contribution is 2.34. The molecule has 206 valence electrons. The minimum atomic E-state index is 0.536. The van der Waals surface area contributed by atoms with Gasteiger partial charge in [0.15, 0.2) is 0 Å². The highest BCUT2D eigenvalue weighted by atomic mass is 14.3. The van der Waals surface area contributed by atoms with Gasteiger partial charge in [-0.3, -0.25) is 0 Å². The SMILES string of the molecule is C=CC(C)C(C)/C=C/C(C)=C/CC1CCCCC(CCCC)C(/C=C/C(C)=C/CC)CCCCC1C. The molecule has 0 bridgehead atoms. The fourth-order valence-electron chi connectivity index (χ4n) is 5.82. The van der Waals surface area contributed by atoms with E-state index in [1.54, 1.807) is 0 Å². The zero-order chi connectivity index (χ0) is 26.8. The van der Waals surface area contributed by atoms with Gasteiger partial charge in [-0.1, -0.05) is 133 Å². The zero-order valence-electron chi connectivity index (χ0n) is 25.4. The Kier molecular flexibility index (Phi) is 18.0. The van der Waals surface area contributed by atoms with Crippen LogP contribution in [0.5, 0.6) is 0 Å². The van der Waals surface area contributed by atoms with Crippen molar-refractivity contribution in [3.63, 3.8) is 0 Å². The minimum Gasteiger partial charge on any atom is -0.103 e. The van der Waals surface area contributed by atoms with Crippen LogP contribution in [-0.4, -0.2) is 0 Å². The molecule has 36 heavy (non-hydrogen) atoms. The fourth-order valence-corrected chi connectivity index (χ4v) is 5.82. The standard InChI is InChI=1S/C36H62/c1-9-12-19-35-21-16-15-20-34(27-24-30(5)23-26-32(7)31(6)11-3)33(8)18-13-14-22-36(35)28-25-29(4)17-10-2/h11,17,23-26,28,31-36H,3,9-10,12-16,18-22,27H2,1-2,4-8H3/b26-23+,28-25+,29-17+,30-24+. The molecule has 0 nitrogen and oxygen atoms in total. The summed E-state index contributed by atoms with van der Waals surface area (Å²) in [5, 5.41) is 0. The van der Waals surface area contributed by atoms with Crippen LogP contribution in [0.3, 0.4) is 0 Å². The molecule has 0 radical (unpaired) electrons. The number of allylic oxidation sites excluding steroid dienone is 9. The lowest BCUT2D eigenvalue weighted by Crippen LogP contribution is -2.16. The second-order valence-corrected chi connectivity index (χ2v) is 12.1. The molecule has 0 saturated heterocycles. The van der Waals surface area contributed by atoms with Crippen molar-refractivity contribution in [3.8, 4) is 0 Å². The van der Waals surface area contributed by atoms with E-state index in [0.717, 1.165) is 30.1 Å². The van der Waals surface area contributed by atoms with E-state index in [-0.39, 0.29) is 0 Å². The summed E-state index contributed by atoms with van der Waals surface area (Å²) in [5.74, 6) is 4.40. The van der Waals surface area contributed by atoms with Crippen molar-refractivity contribution in [1.82, 2.24) is 0 Å². The summed E-state index contributed by atoms with van der Waals surface area (Å²) in [5.41, 5.74) is 2.87. The molecule has 6 atom stereocenters. The van der Waals surface area contributed by atoms with Gasteiger partial charge in [0.2, 0.25) is 0 Å². The highest BCUT2D eigenvalue weighted by molar-refractivity contribution is 5.18. The average Bonchev–Trinajstić information content (AvgIpc) is 2.86. The first-order valence-corrected chi connectivity index (χ1v) is 15.6. The average molecular weight is 495 g/mol. The lowest BCUT2D eigenvalue weighted by Gasteiger charge is -2.28. The first-order chi connectivity index (χ1) is 17.3. The molecule has 6 unspecified atom stereocenters. The Labute approximate surface area is 227 Å². The van der Waals surface area contributed by atoms with Crippen LogP contribution in [0.15, 0.2) is 60.3 Å². The van der Waals surface area contributed by atoms with E-state index in [4.69, 9.17) is 0 Å². The summed E-state index contributed by atoms with van der Waals surface area (Å²) >= 11 is 0. The third-order valence-corrected chi connectivity index (χ3v) is 8.92. The van der Waals surface area contributed by atoms with E-state index in [2.05, 4.69) is 97.6 Å². The minimum absolute atomic E-state index is 0.536. The molecule has 0 amide bonds. The van der Waals surface area contributed by atoms with E-state index in [9.17, 15) is 0 Å². The van der Waals surface area contributed by atoms with Crippen molar-refractivity contribution >= 4 is 0 Å². The van der Waals surface area contributed by atoms with E-state index in [1.165, 1.54) is 88.2 Å². The maximum Gasteiger partial charge on any atom is -0.0198 e. The quantitative estimate of drug-likeness (QED) is 0.187. The fraction of sp³-hybridized carbons (Fsp3) is 0.722. The molecule has 1 saturated carbocycles. The monoisotopic (exact) mass is 494 g/mol. The van der Waals surface area contributed by atoms with Crippen LogP contribution in [0.2, 0.25) is 0 Å². The van der Waals surface area contributed by atoms with Crippen LogP contribution in [0.4, 0.5) is 0 Å². The van der Waals surface area contributed by atoms with Crippen molar-refractivity contribution in [2.45, 2.75) is 132 Å². The molecule has 0 aromatic rings. The Balaban J connectivity index is 2.82. The maximum atomic E-state index is 3.95. The van der Waals surface area contributed by atoms with Gasteiger partial charge >= 0.3 is 0 Å². The zero-order valence-corrected chi connectivity index (χ0v) is 25.4. The summed E-state index contributed by atoms with van der Waals surface area (Å²) in [6.45, 7) is 20.2. The third kappa shape index (κ3) is 13.9. The number of rotatable bonds is 12. The third-order valence-electron chi connectivity index (χ3n) is 8.92. The van der Waals surface area contributed by atoms with Gasteiger partial charge in [0.25, 0.3) is 0 Å². The highest BCUT2D eigenvalue weighted by Gasteiger charge is 2.22. The lowest BCUT2D eigenvalue weighted by molar-refractivity contribution is 0.260. The first kappa shape index (κ1) is 32.7.